The zero-order valence-electron chi connectivity index (χ0n) is 29.1. The number of amides is 3. The van der Waals surface area contributed by atoms with Gasteiger partial charge in [-0.2, -0.15) is 0 Å². The number of H-pyrrole nitrogens is 2. The third-order valence-corrected chi connectivity index (χ3v) is 8.98. The Morgan fingerprint density at radius 2 is 1.64 bits per heavy atom. The Hall–Kier alpha value is -5.39. The van der Waals surface area contributed by atoms with Crippen molar-refractivity contribution >= 4 is 40.5 Å². The lowest BCUT2D eigenvalue weighted by Crippen LogP contribution is -2.48. The summed E-state index contributed by atoms with van der Waals surface area (Å²) in [6.45, 7) is 7.86. The Morgan fingerprint density at radius 1 is 0.920 bits per heavy atom. The van der Waals surface area contributed by atoms with Crippen LogP contribution in [0.4, 0.5) is 10.5 Å². The minimum Gasteiger partial charge on any atom is -0.465 e. The summed E-state index contributed by atoms with van der Waals surface area (Å²) in [5.74, 6) is -0.996. The van der Waals surface area contributed by atoms with Gasteiger partial charge in [-0.3, -0.25) is 24.6 Å². The molecule has 0 aliphatic heterocycles. The van der Waals surface area contributed by atoms with Gasteiger partial charge in [-0.15, -0.1) is 0 Å². The number of rotatable bonds is 10. The first-order valence-corrected chi connectivity index (χ1v) is 16.9. The highest BCUT2D eigenvalue weighted by Crippen LogP contribution is 2.29. The molecule has 12 heteroatoms. The lowest BCUT2D eigenvalue weighted by Gasteiger charge is -2.29. The van der Waals surface area contributed by atoms with E-state index in [2.05, 4.69) is 26.1 Å². The molecule has 1 atom stereocenters. The number of alkyl carbamates (subject to hydrolysis) is 1. The van der Waals surface area contributed by atoms with Gasteiger partial charge in [0.1, 0.15) is 11.6 Å². The first kappa shape index (κ1) is 35.9. The van der Waals surface area contributed by atoms with Crippen LogP contribution in [-0.2, 0) is 25.5 Å². The van der Waals surface area contributed by atoms with Gasteiger partial charge in [-0.25, -0.2) is 9.59 Å². The quantitative estimate of drug-likeness (QED) is 0.135. The van der Waals surface area contributed by atoms with Crippen LogP contribution in [0, 0.1) is 18.8 Å². The first-order chi connectivity index (χ1) is 23.8. The zero-order chi connectivity index (χ0) is 36.0. The van der Waals surface area contributed by atoms with Crippen molar-refractivity contribution < 1.29 is 28.7 Å². The van der Waals surface area contributed by atoms with Crippen LogP contribution in [-0.4, -0.2) is 59.4 Å². The molecular formula is C38H45N5O7. The number of carbonyl (C=O) groups is 4. The monoisotopic (exact) mass is 683 g/mol. The Kier molecular flexibility index (Phi) is 11.1. The summed E-state index contributed by atoms with van der Waals surface area (Å²) >= 11 is 0. The van der Waals surface area contributed by atoms with Gasteiger partial charge in [-0.1, -0.05) is 30.3 Å². The van der Waals surface area contributed by atoms with Crippen LogP contribution < -0.4 is 21.5 Å². The van der Waals surface area contributed by atoms with Gasteiger partial charge in [0.15, 0.2) is 0 Å². The number of aromatic amines is 2. The predicted octanol–water partition coefficient (Wildman–Crippen LogP) is 5.62. The van der Waals surface area contributed by atoms with Crippen molar-refractivity contribution in [1.82, 2.24) is 20.8 Å². The number of carbonyl (C=O) groups excluding carboxylic acids is 4. The van der Waals surface area contributed by atoms with Crippen molar-refractivity contribution in [2.45, 2.75) is 71.4 Å². The van der Waals surface area contributed by atoms with Crippen LogP contribution in [0.5, 0.6) is 0 Å². The highest BCUT2D eigenvalue weighted by atomic mass is 16.6. The Bertz CT molecular complexity index is 1910. The maximum Gasteiger partial charge on any atom is 0.407 e. The van der Waals surface area contributed by atoms with Crippen molar-refractivity contribution in [3.63, 3.8) is 0 Å². The number of methoxy groups -OCH3 is 1. The van der Waals surface area contributed by atoms with Crippen LogP contribution in [0.15, 0.2) is 65.5 Å². The second-order valence-electron chi connectivity index (χ2n) is 13.9. The minimum absolute atomic E-state index is 0.188. The van der Waals surface area contributed by atoms with E-state index in [-0.39, 0.29) is 35.6 Å². The number of aryl methyl sites for hydroxylation is 1. The molecule has 50 heavy (non-hydrogen) atoms. The summed E-state index contributed by atoms with van der Waals surface area (Å²) < 4.78 is 10.2. The van der Waals surface area contributed by atoms with E-state index in [1.54, 1.807) is 30.3 Å². The van der Waals surface area contributed by atoms with E-state index in [9.17, 15) is 24.0 Å². The fourth-order valence-electron chi connectivity index (χ4n) is 6.30. The normalized spacial score (nSPS) is 16.7. The van der Waals surface area contributed by atoms with Crippen LogP contribution in [0.25, 0.3) is 22.0 Å². The van der Waals surface area contributed by atoms with Crippen LogP contribution in [0.3, 0.4) is 0 Å². The van der Waals surface area contributed by atoms with E-state index in [4.69, 9.17) is 9.47 Å². The molecule has 0 spiro atoms. The summed E-state index contributed by atoms with van der Waals surface area (Å²) in [5, 5.41) is 14.6. The molecule has 1 aliphatic rings. The average molecular weight is 684 g/mol. The van der Waals surface area contributed by atoms with Gasteiger partial charge in [0.05, 0.1) is 23.6 Å². The van der Waals surface area contributed by atoms with Crippen molar-refractivity contribution in [2.24, 2.45) is 11.8 Å². The Morgan fingerprint density at radius 3 is 2.30 bits per heavy atom. The van der Waals surface area contributed by atoms with Gasteiger partial charge >= 0.3 is 12.1 Å². The van der Waals surface area contributed by atoms with Gasteiger partial charge < -0.3 is 25.4 Å². The molecule has 4 aromatic rings. The Labute approximate surface area is 290 Å². The second-order valence-corrected chi connectivity index (χ2v) is 13.9. The number of hydrogen-bond donors (Lipinski definition) is 5. The molecule has 1 aromatic heterocycles. The summed E-state index contributed by atoms with van der Waals surface area (Å²) in [5.41, 5.74) is 4.35. The van der Waals surface area contributed by atoms with E-state index in [0.29, 0.717) is 41.5 Å². The molecule has 0 radical (unpaired) electrons. The molecule has 1 saturated carbocycles. The molecule has 264 valence electrons. The molecule has 0 saturated heterocycles. The molecule has 0 unspecified atom stereocenters. The summed E-state index contributed by atoms with van der Waals surface area (Å²) in [4.78, 5) is 63.3. The van der Waals surface area contributed by atoms with Crippen LogP contribution in [0.1, 0.15) is 67.9 Å². The number of anilines is 1. The smallest absolute Gasteiger partial charge is 0.407 e. The molecule has 3 aromatic carbocycles. The SMILES string of the molecule is COC(=O)c1ccc(-c2ccc(C[C@H](NC(=O)[C@H]3CC[C@H](CNC(=O)OC(C)(C)C)CC3)C(=O)Nc3ccc4c(=O)[nH][nH]c4c3)cc2)c(C)c1. The lowest BCUT2D eigenvalue weighted by atomic mass is 9.81. The fourth-order valence-corrected chi connectivity index (χ4v) is 6.30. The van der Waals surface area contributed by atoms with Gasteiger partial charge in [-0.05, 0) is 112 Å². The molecule has 0 bridgehead atoms. The molecule has 3 amide bonds. The molecule has 5 rings (SSSR count). The van der Waals surface area contributed by atoms with E-state index in [1.807, 2.05) is 58.0 Å². The van der Waals surface area contributed by atoms with Crippen molar-refractivity contribution in [3.05, 3.63) is 87.7 Å². The maximum absolute atomic E-state index is 13.7. The number of ether oxygens (including phenoxy) is 2. The van der Waals surface area contributed by atoms with Crippen LogP contribution in [0.2, 0.25) is 0 Å². The number of hydrogen-bond acceptors (Lipinski definition) is 7. The number of benzene rings is 3. The minimum atomic E-state index is -0.873. The largest absolute Gasteiger partial charge is 0.465 e. The fraction of sp³-hybridized carbons (Fsp3) is 0.395. The van der Waals surface area contributed by atoms with Gasteiger partial charge in [0.2, 0.25) is 11.8 Å². The number of aromatic nitrogens is 2. The molecule has 1 aliphatic carbocycles. The third kappa shape index (κ3) is 9.19. The maximum atomic E-state index is 13.7. The van der Waals surface area contributed by atoms with E-state index >= 15 is 0 Å². The predicted molar refractivity (Wildman–Crippen MR) is 191 cm³/mol. The summed E-state index contributed by atoms with van der Waals surface area (Å²) in [6.07, 6.45) is 2.61. The van der Waals surface area contributed by atoms with Crippen molar-refractivity contribution in [2.75, 3.05) is 19.0 Å². The third-order valence-electron chi connectivity index (χ3n) is 8.98. The van der Waals surface area contributed by atoms with E-state index < -0.39 is 23.7 Å². The average Bonchev–Trinajstić information content (AvgIpc) is 3.45. The molecule has 1 fully saturated rings. The molecule has 12 nitrogen and oxygen atoms in total. The lowest BCUT2D eigenvalue weighted by molar-refractivity contribution is -0.130. The van der Waals surface area contributed by atoms with Gasteiger partial charge in [0.25, 0.3) is 5.56 Å². The van der Waals surface area contributed by atoms with Crippen molar-refractivity contribution in [3.8, 4) is 11.1 Å². The van der Waals surface area contributed by atoms with E-state index in [0.717, 1.165) is 35.1 Å². The molecule has 1 heterocycles. The molecule has 5 N–H and O–H groups in total. The number of fused-ring (bicyclic) bond motifs is 1. The molecular weight excluding hydrogens is 638 g/mol. The van der Waals surface area contributed by atoms with Gasteiger partial charge in [0, 0.05) is 24.6 Å². The number of esters is 1. The second kappa shape index (κ2) is 15.4. The number of nitrogens with one attached hydrogen (secondary N) is 5. The summed E-state index contributed by atoms with van der Waals surface area (Å²) in [7, 11) is 1.35. The highest BCUT2D eigenvalue weighted by molar-refractivity contribution is 5.99. The first-order valence-electron chi connectivity index (χ1n) is 16.9. The standard InChI is InChI=1S/C38H45N5O7/c1-22-18-27(36(47)49-5)14-16-29(22)25-10-6-23(7-11-25)19-32(35(46)40-28-15-17-30-31(20-28)42-43-34(30)45)41-33(44)26-12-8-24(9-13-26)21-39-37(48)50-38(2,3)4/h6-7,10-11,14-18,20,24,26,32H,8-9,12-13,19,21H2,1-5H3,(H,39,48)(H,40,46)(H,41,44)(H2,42,43,45)/t24-,26-,32-/m0/s1. The topological polar surface area (TPSA) is 171 Å². The highest BCUT2D eigenvalue weighted by Gasteiger charge is 2.30. The van der Waals surface area contributed by atoms with E-state index in [1.165, 1.54) is 7.11 Å². The zero-order valence-corrected chi connectivity index (χ0v) is 29.1. The summed E-state index contributed by atoms with van der Waals surface area (Å²) in [6, 6.07) is 17.2. The Balaban J connectivity index is 1.27. The van der Waals surface area contributed by atoms with Crippen molar-refractivity contribution in [1.29, 1.82) is 0 Å². The van der Waals surface area contributed by atoms with Crippen LogP contribution >= 0.6 is 0 Å².